The van der Waals surface area contributed by atoms with Crippen molar-refractivity contribution in [1.82, 2.24) is 4.72 Å². The second-order valence-corrected chi connectivity index (χ2v) is 9.43. The maximum atomic E-state index is 12.4. The molecule has 0 heterocycles. The molecule has 118 valence electrons. The minimum absolute atomic E-state index is 0.0899. The van der Waals surface area contributed by atoms with Crippen molar-refractivity contribution >= 4 is 20.0 Å². The van der Waals surface area contributed by atoms with E-state index in [4.69, 9.17) is 5.14 Å². The van der Waals surface area contributed by atoms with Gasteiger partial charge >= 0.3 is 0 Å². The van der Waals surface area contributed by atoms with Gasteiger partial charge in [0.1, 0.15) is 9.79 Å². The lowest BCUT2D eigenvalue weighted by Gasteiger charge is -2.18. The highest BCUT2D eigenvalue weighted by atomic mass is 32.2. The van der Waals surface area contributed by atoms with Gasteiger partial charge in [0.15, 0.2) is 0 Å². The van der Waals surface area contributed by atoms with Gasteiger partial charge in [0, 0.05) is 6.04 Å². The molecule has 0 aromatic heterocycles. The van der Waals surface area contributed by atoms with Crippen LogP contribution in [0.25, 0.3) is 0 Å². The molecule has 1 aliphatic rings. The number of rotatable bonds is 4. The quantitative estimate of drug-likeness (QED) is 0.863. The molecule has 1 fully saturated rings. The minimum atomic E-state index is -4.09. The van der Waals surface area contributed by atoms with Crippen molar-refractivity contribution in [2.24, 2.45) is 10.6 Å². The van der Waals surface area contributed by atoms with Gasteiger partial charge in [-0.2, -0.15) is 0 Å². The SMILES string of the molecule is CC1(C)CCC(NS(=O)(=O)c2ccccc2S(N)(=O)=O)C1. The number of primary sulfonamides is 1. The zero-order valence-corrected chi connectivity index (χ0v) is 13.7. The molecular weight excluding hydrogens is 312 g/mol. The van der Waals surface area contributed by atoms with E-state index in [1.807, 2.05) is 0 Å². The van der Waals surface area contributed by atoms with Crippen molar-refractivity contribution in [1.29, 1.82) is 0 Å². The van der Waals surface area contributed by atoms with E-state index < -0.39 is 20.0 Å². The molecule has 1 atom stereocenters. The Morgan fingerprint density at radius 3 is 2.19 bits per heavy atom. The fourth-order valence-corrected chi connectivity index (χ4v) is 5.38. The predicted molar refractivity (Wildman–Crippen MR) is 79.6 cm³/mol. The Balaban J connectivity index is 2.34. The highest BCUT2D eigenvalue weighted by Crippen LogP contribution is 2.37. The first-order valence-electron chi connectivity index (χ1n) is 6.65. The molecule has 0 saturated heterocycles. The summed E-state index contributed by atoms with van der Waals surface area (Å²) in [6.45, 7) is 4.17. The van der Waals surface area contributed by atoms with E-state index in [0.717, 1.165) is 19.3 Å². The topological polar surface area (TPSA) is 106 Å². The van der Waals surface area contributed by atoms with Crippen LogP contribution in [0.15, 0.2) is 34.1 Å². The van der Waals surface area contributed by atoms with Crippen molar-refractivity contribution in [2.45, 2.75) is 48.9 Å². The Hall–Kier alpha value is -0.960. The molecule has 21 heavy (non-hydrogen) atoms. The van der Waals surface area contributed by atoms with Crippen LogP contribution in [0.1, 0.15) is 33.1 Å². The lowest BCUT2D eigenvalue weighted by atomic mass is 9.92. The fraction of sp³-hybridized carbons (Fsp3) is 0.538. The fourth-order valence-electron chi connectivity index (χ4n) is 2.73. The van der Waals surface area contributed by atoms with Crippen molar-refractivity contribution in [2.75, 3.05) is 0 Å². The third-order valence-electron chi connectivity index (χ3n) is 3.74. The summed E-state index contributed by atoms with van der Waals surface area (Å²) >= 11 is 0. The lowest BCUT2D eigenvalue weighted by molar-refractivity contribution is 0.372. The minimum Gasteiger partial charge on any atom is -0.225 e. The van der Waals surface area contributed by atoms with Crippen LogP contribution in [0.5, 0.6) is 0 Å². The molecule has 1 aromatic rings. The molecule has 2 rings (SSSR count). The van der Waals surface area contributed by atoms with E-state index in [1.54, 1.807) is 0 Å². The first kappa shape index (κ1) is 16.4. The first-order valence-corrected chi connectivity index (χ1v) is 9.68. The number of hydrogen-bond acceptors (Lipinski definition) is 4. The predicted octanol–water partition coefficient (Wildman–Crippen LogP) is 1.19. The highest BCUT2D eigenvalue weighted by molar-refractivity contribution is 7.92. The van der Waals surface area contributed by atoms with E-state index in [2.05, 4.69) is 18.6 Å². The Kier molecular flexibility index (Phi) is 4.18. The second-order valence-electron chi connectivity index (χ2n) is 6.22. The summed E-state index contributed by atoms with van der Waals surface area (Å²) in [4.78, 5) is -0.674. The summed E-state index contributed by atoms with van der Waals surface area (Å²) < 4.78 is 50.5. The summed E-state index contributed by atoms with van der Waals surface area (Å²) in [5, 5.41) is 5.09. The van der Waals surface area contributed by atoms with Crippen molar-refractivity contribution in [3.05, 3.63) is 24.3 Å². The number of sulfonamides is 2. The van der Waals surface area contributed by atoms with Gasteiger partial charge in [-0.25, -0.2) is 26.7 Å². The molecule has 8 heteroatoms. The Labute approximate surface area is 125 Å². The molecule has 1 aromatic carbocycles. The number of hydrogen-bond donors (Lipinski definition) is 2. The van der Waals surface area contributed by atoms with Crippen LogP contribution in [0, 0.1) is 5.41 Å². The molecule has 0 aliphatic heterocycles. The average molecular weight is 332 g/mol. The van der Waals surface area contributed by atoms with E-state index in [0.29, 0.717) is 0 Å². The second kappa shape index (κ2) is 5.35. The van der Waals surface area contributed by atoms with E-state index in [9.17, 15) is 16.8 Å². The summed E-state index contributed by atoms with van der Waals surface area (Å²) in [7, 11) is -8.01. The molecule has 3 N–H and O–H groups in total. The summed E-state index contributed by atoms with van der Waals surface area (Å²) in [5.74, 6) is 0. The van der Waals surface area contributed by atoms with Crippen LogP contribution in [0.3, 0.4) is 0 Å². The molecule has 1 unspecified atom stereocenters. The van der Waals surface area contributed by atoms with E-state index in [1.165, 1.54) is 24.3 Å². The summed E-state index contributed by atoms with van der Waals surface area (Å²) in [6.07, 6.45) is 2.39. The van der Waals surface area contributed by atoms with Crippen LogP contribution >= 0.6 is 0 Å². The molecule has 0 spiro atoms. The third-order valence-corrected chi connectivity index (χ3v) is 6.41. The standard InChI is InChI=1S/C13H20N2O4S2/c1-13(2)8-7-10(9-13)15-21(18,19)12-6-4-3-5-11(12)20(14,16)17/h3-6,10,15H,7-9H2,1-2H3,(H2,14,16,17). The smallest absolute Gasteiger partial charge is 0.225 e. The maximum Gasteiger partial charge on any atom is 0.242 e. The van der Waals surface area contributed by atoms with Gasteiger partial charge < -0.3 is 0 Å². The van der Waals surface area contributed by atoms with Crippen LogP contribution in [-0.2, 0) is 20.0 Å². The zero-order valence-electron chi connectivity index (χ0n) is 12.0. The first-order chi connectivity index (χ1) is 9.51. The van der Waals surface area contributed by atoms with Crippen molar-refractivity contribution in [3.8, 4) is 0 Å². The van der Waals surface area contributed by atoms with Gasteiger partial charge in [-0.1, -0.05) is 26.0 Å². The monoisotopic (exact) mass is 332 g/mol. The Bertz CT molecular complexity index is 739. The van der Waals surface area contributed by atoms with Gasteiger partial charge in [0.2, 0.25) is 20.0 Å². The molecule has 1 aliphatic carbocycles. The third kappa shape index (κ3) is 3.82. The number of benzene rings is 1. The van der Waals surface area contributed by atoms with Gasteiger partial charge in [-0.15, -0.1) is 0 Å². The Morgan fingerprint density at radius 1 is 1.14 bits per heavy atom. The molecular formula is C13H20N2O4S2. The zero-order chi connectivity index (χ0) is 15.9. The highest BCUT2D eigenvalue weighted by Gasteiger charge is 2.34. The molecule has 0 bridgehead atoms. The molecule has 0 amide bonds. The van der Waals surface area contributed by atoms with Gasteiger partial charge in [0.25, 0.3) is 0 Å². The van der Waals surface area contributed by atoms with Gasteiger partial charge in [0.05, 0.1) is 0 Å². The number of nitrogens with one attached hydrogen (secondary N) is 1. The average Bonchev–Trinajstić information content (AvgIpc) is 2.67. The van der Waals surface area contributed by atoms with Crippen LogP contribution in [0.4, 0.5) is 0 Å². The summed E-state index contributed by atoms with van der Waals surface area (Å²) in [5.41, 5.74) is 0.0899. The summed E-state index contributed by atoms with van der Waals surface area (Å²) in [6, 6.07) is 5.18. The molecule has 1 saturated carbocycles. The largest absolute Gasteiger partial charge is 0.242 e. The van der Waals surface area contributed by atoms with E-state index in [-0.39, 0.29) is 21.2 Å². The van der Waals surface area contributed by atoms with Crippen molar-refractivity contribution in [3.63, 3.8) is 0 Å². The number of nitrogens with two attached hydrogens (primary N) is 1. The van der Waals surface area contributed by atoms with Crippen molar-refractivity contribution < 1.29 is 16.8 Å². The van der Waals surface area contributed by atoms with Crippen LogP contribution in [-0.4, -0.2) is 22.9 Å². The lowest BCUT2D eigenvalue weighted by Crippen LogP contribution is -2.34. The van der Waals surface area contributed by atoms with E-state index >= 15 is 0 Å². The van der Waals surface area contributed by atoms with Crippen LogP contribution in [0.2, 0.25) is 0 Å². The van der Waals surface area contributed by atoms with Gasteiger partial charge in [-0.05, 0) is 36.8 Å². The Morgan fingerprint density at radius 2 is 1.71 bits per heavy atom. The molecule has 0 radical (unpaired) electrons. The van der Waals surface area contributed by atoms with Gasteiger partial charge in [-0.3, -0.25) is 0 Å². The molecule has 6 nitrogen and oxygen atoms in total. The van der Waals surface area contributed by atoms with Crippen LogP contribution < -0.4 is 9.86 Å². The maximum absolute atomic E-state index is 12.4. The normalized spacial score (nSPS) is 22.3.